The Morgan fingerprint density at radius 1 is 0.788 bits per heavy atom. The zero-order valence-corrected chi connectivity index (χ0v) is 19.6. The number of methoxy groups -OCH3 is 2. The van der Waals surface area contributed by atoms with Gasteiger partial charge in [0.25, 0.3) is 11.8 Å². The van der Waals surface area contributed by atoms with Crippen LogP contribution in [-0.2, 0) is 22.4 Å². The van der Waals surface area contributed by atoms with Crippen LogP contribution < -0.4 is 20.1 Å². The van der Waals surface area contributed by atoms with Crippen molar-refractivity contribution in [3.05, 3.63) is 87.6 Å². The molecule has 172 valence electrons. The van der Waals surface area contributed by atoms with Gasteiger partial charge in [0.2, 0.25) is 0 Å². The molecule has 3 rings (SSSR count). The van der Waals surface area contributed by atoms with Crippen LogP contribution in [-0.4, -0.2) is 39.1 Å². The molecule has 0 fully saturated rings. The Morgan fingerprint density at radius 2 is 1.27 bits per heavy atom. The van der Waals surface area contributed by atoms with E-state index in [0.717, 1.165) is 27.5 Å². The second-order valence-corrected chi connectivity index (χ2v) is 8.26. The van der Waals surface area contributed by atoms with Gasteiger partial charge in [-0.1, -0.05) is 30.3 Å². The zero-order valence-electron chi connectivity index (χ0n) is 18.8. The summed E-state index contributed by atoms with van der Waals surface area (Å²) in [6.07, 6.45) is 2.94. The van der Waals surface area contributed by atoms with Crippen molar-refractivity contribution in [1.82, 2.24) is 10.6 Å². The number of rotatable bonds is 11. The largest absolute Gasteiger partial charge is 0.497 e. The summed E-state index contributed by atoms with van der Waals surface area (Å²) >= 11 is 1.47. The lowest BCUT2D eigenvalue weighted by molar-refractivity contribution is -0.123. The van der Waals surface area contributed by atoms with Crippen molar-refractivity contribution in [1.29, 1.82) is 0 Å². The summed E-state index contributed by atoms with van der Waals surface area (Å²) in [6.45, 7) is 0.845. The minimum Gasteiger partial charge on any atom is -0.497 e. The molecule has 6 nitrogen and oxygen atoms in total. The minimum absolute atomic E-state index is 0.0990. The van der Waals surface area contributed by atoms with Crippen molar-refractivity contribution < 1.29 is 19.1 Å². The predicted octanol–water partition coefficient (Wildman–Crippen LogP) is 3.87. The first-order chi connectivity index (χ1) is 16.1. The Labute approximate surface area is 198 Å². The third kappa shape index (κ3) is 7.50. The molecule has 0 saturated carbocycles. The first kappa shape index (κ1) is 24.1. The summed E-state index contributed by atoms with van der Waals surface area (Å²) in [5, 5.41) is 7.64. The van der Waals surface area contributed by atoms with Crippen LogP contribution in [0, 0.1) is 0 Å². The highest BCUT2D eigenvalue weighted by Gasteiger charge is 2.18. The molecule has 0 radical (unpaired) electrons. The molecular weight excluding hydrogens is 436 g/mol. The molecule has 7 heteroatoms. The van der Waals surface area contributed by atoms with Gasteiger partial charge in [0.1, 0.15) is 17.1 Å². The lowest BCUT2D eigenvalue weighted by Gasteiger charge is -2.11. The monoisotopic (exact) mass is 464 g/mol. The Morgan fingerprint density at radius 3 is 1.67 bits per heavy atom. The fourth-order valence-electron chi connectivity index (χ4n) is 3.17. The lowest BCUT2D eigenvalue weighted by Crippen LogP contribution is -2.36. The molecule has 0 saturated heterocycles. The van der Waals surface area contributed by atoms with Crippen LogP contribution in [0.4, 0.5) is 0 Å². The van der Waals surface area contributed by atoms with Crippen molar-refractivity contribution in [3.8, 4) is 11.5 Å². The summed E-state index contributed by atoms with van der Waals surface area (Å²) < 4.78 is 10.3. The predicted molar refractivity (Wildman–Crippen MR) is 132 cm³/mol. The Kier molecular flexibility index (Phi) is 9.08. The number of amides is 2. The number of carbonyl (C=O) groups is 2. The van der Waals surface area contributed by atoms with E-state index in [9.17, 15) is 9.59 Å². The van der Waals surface area contributed by atoms with Crippen LogP contribution in [0.25, 0.3) is 6.08 Å². The first-order valence-corrected chi connectivity index (χ1v) is 11.5. The van der Waals surface area contributed by atoms with E-state index in [1.54, 1.807) is 20.3 Å². The molecule has 1 aromatic heterocycles. The van der Waals surface area contributed by atoms with E-state index < -0.39 is 0 Å². The molecular formula is C26H28N2O4S. The molecule has 2 aromatic carbocycles. The molecule has 0 aliphatic carbocycles. The first-order valence-electron chi connectivity index (χ1n) is 10.7. The highest BCUT2D eigenvalue weighted by Crippen LogP contribution is 2.15. The Hall–Kier alpha value is -3.58. The number of hydrogen-bond acceptors (Lipinski definition) is 5. The second kappa shape index (κ2) is 12.5. The van der Waals surface area contributed by atoms with Crippen LogP contribution in [0.15, 0.2) is 71.6 Å². The van der Waals surface area contributed by atoms with Gasteiger partial charge in [-0.3, -0.25) is 9.59 Å². The summed E-state index contributed by atoms with van der Waals surface area (Å²) in [7, 11) is 3.25. The molecule has 0 spiro atoms. The van der Waals surface area contributed by atoms with Crippen LogP contribution >= 0.6 is 11.3 Å². The second-order valence-electron chi connectivity index (χ2n) is 7.28. The number of thiophene rings is 1. The molecule has 33 heavy (non-hydrogen) atoms. The van der Waals surface area contributed by atoms with Crippen molar-refractivity contribution >= 4 is 29.2 Å². The highest BCUT2D eigenvalue weighted by atomic mass is 32.1. The maximum absolute atomic E-state index is 12.8. The lowest BCUT2D eigenvalue weighted by atomic mass is 10.1. The van der Waals surface area contributed by atoms with E-state index in [1.807, 2.05) is 66.0 Å². The maximum Gasteiger partial charge on any atom is 0.256 e. The summed E-state index contributed by atoms with van der Waals surface area (Å²) in [4.78, 5) is 26.5. The molecule has 2 amide bonds. The van der Waals surface area contributed by atoms with E-state index in [0.29, 0.717) is 25.9 Å². The van der Waals surface area contributed by atoms with E-state index >= 15 is 0 Å². The van der Waals surface area contributed by atoms with Gasteiger partial charge in [0, 0.05) is 18.0 Å². The number of nitrogens with one attached hydrogen (secondary N) is 2. The minimum atomic E-state index is -0.390. The third-order valence-electron chi connectivity index (χ3n) is 5.04. The molecule has 3 aromatic rings. The van der Waals surface area contributed by atoms with Gasteiger partial charge in [-0.2, -0.15) is 0 Å². The topological polar surface area (TPSA) is 76.7 Å². The summed E-state index contributed by atoms with van der Waals surface area (Å²) in [5.74, 6) is 0.795. The van der Waals surface area contributed by atoms with Crippen LogP contribution in [0.5, 0.6) is 11.5 Å². The van der Waals surface area contributed by atoms with Gasteiger partial charge in [0.15, 0.2) is 0 Å². The van der Waals surface area contributed by atoms with Gasteiger partial charge in [-0.15, -0.1) is 11.3 Å². The number of carbonyl (C=O) groups excluding carboxylic acids is 2. The fourth-order valence-corrected chi connectivity index (χ4v) is 3.82. The van der Waals surface area contributed by atoms with Gasteiger partial charge in [-0.05, 0) is 65.8 Å². The average Bonchev–Trinajstić information content (AvgIpc) is 3.36. The molecule has 0 atom stereocenters. The highest BCUT2D eigenvalue weighted by molar-refractivity contribution is 7.10. The molecule has 1 heterocycles. The van der Waals surface area contributed by atoms with Crippen LogP contribution in [0.3, 0.4) is 0 Å². The van der Waals surface area contributed by atoms with E-state index in [-0.39, 0.29) is 17.4 Å². The van der Waals surface area contributed by atoms with Crippen molar-refractivity contribution in [2.45, 2.75) is 12.8 Å². The summed E-state index contributed by atoms with van der Waals surface area (Å²) in [5.41, 5.74) is 2.24. The van der Waals surface area contributed by atoms with Gasteiger partial charge < -0.3 is 20.1 Å². The quantitative estimate of drug-likeness (QED) is 0.257. The summed E-state index contributed by atoms with van der Waals surface area (Å²) in [6, 6.07) is 19.1. The smallest absolute Gasteiger partial charge is 0.256 e. The van der Waals surface area contributed by atoms with Crippen LogP contribution in [0.1, 0.15) is 16.0 Å². The molecule has 0 aliphatic rings. The van der Waals surface area contributed by atoms with Crippen molar-refractivity contribution in [2.24, 2.45) is 0 Å². The third-order valence-corrected chi connectivity index (χ3v) is 5.85. The van der Waals surface area contributed by atoms with E-state index in [4.69, 9.17) is 9.47 Å². The Balaban J connectivity index is 1.57. The van der Waals surface area contributed by atoms with Crippen molar-refractivity contribution in [3.63, 3.8) is 0 Å². The Bertz CT molecular complexity index is 991. The van der Waals surface area contributed by atoms with E-state index in [1.165, 1.54) is 11.3 Å². The van der Waals surface area contributed by atoms with Gasteiger partial charge in [0.05, 0.1) is 14.2 Å². The fraction of sp³-hybridized carbons (Fsp3) is 0.231. The molecule has 0 unspecified atom stereocenters. The molecule has 0 aliphatic heterocycles. The average molecular weight is 465 g/mol. The maximum atomic E-state index is 12.8. The van der Waals surface area contributed by atoms with Crippen molar-refractivity contribution in [2.75, 3.05) is 27.3 Å². The number of benzene rings is 2. The SMILES string of the molecule is COc1ccc(CCNC(=O)C(=Cc2cccs2)C(=O)NCCc2ccc(OC)cc2)cc1. The molecule has 0 bridgehead atoms. The standard InChI is InChI=1S/C26H28N2O4S/c1-31-21-9-5-19(6-10-21)13-15-27-25(29)24(18-23-4-3-17-33-23)26(30)28-16-14-20-7-11-22(32-2)12-8-20/h3-12,17-18H,13-16H2,1-2H3,(H,27,29)(H,28,30). The zero-order chi connectivity index (χ0) is 23.5. The van der Waals surface area contributed by atoms with E-state index in [2.05, 4.69) is 10.6 Å². The number of ether oxygens (including phenoxy) is 2. The van der Waals surface area contributed by atoms with Crippen LogP contribution in [0.2, 0.25) is 0 Å². The van der Waals surface area contributed by atoms with Gasteiger partial charge in [-0.25, -0.2) is 0 Å². The number of hydrogen-bond donors (Lipinski definition) is 2. The van der Waals surface area contributed by atoms with Gasteiger partial charge >= 0.3 is 0 Å². The molecule has 2 N–H and O–H groups in total. The normalized spacial score (nSPS) is 10.2.